The number of ether oxygens (including phenoxy) is 7. The minimum atomic E-state index is -2.52. The first kappa shape index (κ1) is 76.8. The van der Waals surface area contributed by atoms with Gasteiger partial charge in [0.05, 0.1) is 41.8 Å². The van der Waals surface area contributed by atoms with Crippen molar-refractivity contribution in [3.05, 3.63) is 166 Å². The molecule has 7 fully saturated rings. The van der Waals surface area contributed by atoms with Gasteiger partial charge in [0.15, 0.2) is 23.6 Å². The molecular formula is C82H103N3O19. The molecule has 22 heteroatoms. The molecule has 7 aliphatic carbocycles. The Morgan fingerprint density at radius 3 is 2.00 bits per heavy atom. The maximum Gasteiger partial charge on any atom is 0.407 e. The summed E-state index contributed by atoms with van der Waals surface area (Å²) in [4.78, 5) is 115. The summed E-state index contributed by atoms with van der Waals surface area (Å²) in [7, 11) is 0. The first-order valence-corrected chi connectivity index (χ1v) is 37.1. The molecule has 0 radical (unpaired) electrons. The molecule has 0 spiro atoms. The molecule has 104 heavy (non-hydrogen) atoms. The number of allylic oxidation sites excluding steroid dienone is 4. The van der Waals surface area contributed by atoms with Crippen molar-refractivity contribution in [3.8, 4) is 0 Å². The molecule has 22 nitrogen and oxygen atoms in total. The van der Waals surface area contributed by atoms with Crippen molar-refractivity contribution >= 4 is 47.8 Å². The van der Waals surface area contributed by atoms with Crippen molar-refractivity contribution in [1.29, 1.82) is 0 Å². The molecule has 1 aliphatic heterocycles. The van der Waals surface area contributed by atoms with E-state index in [0.717, 1.165) is 64.4 Å². The Labute approximate surface area is 608 Å². The number of hydrogen-bond donors (Lipinski definition) is 7. The third-order valence-corrected chi connectivity index (χ3v) is 24.2. The molecule has 3 aromatic rings. The Morgan fingerprint density at radius 2 is 1.38 bits per heavy atom. The summed E-state index contributed by atoms with van der Waals surface area (Å²) in [5, 5.41) is 56.3. The average molecular weight is 1430 g/mol. The lowest BCUT2D eigenvalue weighted by Gasteiger charge is -2.67. The van der Waals surface area contributed by atoms with Gasteiger partial charge in [0.2, 0.25) is 0 Å². The van der Waals surface area contributed by atoms with Crippen molar-refractivity contribution in [2.75, 3.05) is 19.7 Å². The van der Waals surface area contributed by atoms with E-state index in [1.165, 1.54) is 31.6 Å². The Hall–Kier alpha value is -8.28. The molecule has 18 atom stereocenters. The fourth-order valence-electron chi connectivity index (χ4n) is 18.4. The maximum atomic E-state index is 16.5. The third kappa shape index (κ3) is 15.7. The number of unbranched alkanes of at least 4 members (excludes halogenated alkanes) is 3. The number of aliphatic hydroxyl groups is 4. The first-order chi connectivity index (χ1) is 49.5. The molecule has 11 rings (SSSR count). The molecule has 2 bridgehead atoms. The summed E-state index contributed by atoms with van der Waals surface area (Å²) < 4.78 is 43.7. The number of carbonyl (C=O) groups excluding carboxylic acids is 8. The molecule has 1 heterocycles. The lowest BCUT2D eigenvalue weighted by molar-refractivity contribution is -0.345. The largest absolute Gasteiger partial charge is 0.456 e. The van der Waals surface area contributed by atoms with E-state index in [9.17, 15) is 54.0 Å². The number of fused-ring (bicyclic) bond motifs is 6. The maximum absolute atomic E-state index is 16.5. The number of Topliss-reactive ketones (excluding diaryl/α,β-unsaturated/α-hetero) is 1. The monoisotopic (exact) mass is 1430 g/mol. The van der Waals surface area contributed by atoms with Crippen LogP contribution in [0, 0.1) is 45.8 Å². The van der Waals surface area contributed by atoms with E-state index in [1.54, 1.807) is 92.7 Å². The highest BCUT2D eigenvalue weighted by Gasteiger charge is 2.79. The smallest absolute Gasteiger partial charge is 0.407 e. The van der Waals surface area contributed by atoms with Crippen LogP contribution in [0.2, 0.25) is 0 Å². The number of benzene rings is 3. The van der Waals surface area contributed by atoms with E-state index in [1.807, 2.05) is 6.08 Å². The molecule has 14 unspecified atom stereocenters. The van der Waals surface area contributed by atoms with Gasteiger partial charge < -0.3 is 69.5 Å². The second-order valence-electron chi connectivity index (χ2n) is 31.1. The van der Waals surface area contributed by atoms with Gasteiger partial charge in [-0.05, 0) is 153 Å². The van der Waals surface area contributed by atoms with Gasteiger partial charge in [0, 0.05) is 63.6 Å². The van der Waals surface area contributed by atoms with Gasteiger partial charge in [0.25, 0.3) is 5.91 Å². The van der Waals surface area contributed by atoms with E-state index in [2.05, 4.69) is 54.6 Å². The number of hydrogen-bond acceptors (Lipinski definition) is 19. The molecule has 3 aromatic carbocycles. The molecule has 0 aromatic heterocycles. The second-order valence-corrected chi connectivity index (χ2v) is 31.1. The SMILES string of the molecule is C=C1/C(=C\C=C2/CCC[C@@]3(C)C2CCC3[C@@H](C)/C=C/C(O)C2CC2)C[C@@H](OC(=O)NCCCCCCNC(=O)OC2CC3OCC3(OC(C)=O)C3C(OC(=O)c4ccccc4)C4(O)CC(OC(=O)C(O)C(NC(=O)c5ccccc5)c5ccccc5)C(C)=C(C(OC(C)=O)C(=O)C23C)C4(C)C)C[C@@H]1O. The highest BCUT2D eigenvalue weighted by atomic mass is 16.6. The summed E-state index contributed by atoms with van der Waals surface area (Å²) in [6.07, 6.45) is 4.70. The van der Waals surface area contributed by atoms with E-state index in [4.69, 9.17) is 33.2 Å². The van der Waals surface area contributed by atoms with Crippen molar-refractivity contribution in [1.82, 2.24) is 16.0 Å². The molecule has 7 N–H and O–H groups in total. The lowest BCUT2D eigenvalue weighted by Crippen LogP contribution is -2.82. The van der Waals surface area contributed by atoms with Crippen molar-refractivity contribution < 1.29 is 91.9 Å². The Morgan fingerprint density at radius 1 is 0.750 bits per heavy atom. The van der Waals surface area contributed by atoms with Crippen LogP contribution in [0.5, 0.6) is 0 Å². The number of aliphatic hydroxyl groups excluding tert-OH is 3. The van der Waals surface area contributed by atoms with E-state index in [0.29, 0.717) is 73.5 Å². The summed E-state index contributed by atoms with van der Waals surface area (Å²) in [5.41, 5.74) is -4.72. The number of carbonyl (C=O) groups is 8. The zero-order valence-electron chi connectivity index (χ0n) is 61.0. The molecule has 3 amide bonds. The number of esters is 4. The van der Waals surface area contributed by atoms with Crippen molar-refractivity contribution in [2.24, 2.45) is 45.8 Å². The minimum absolute atomic E-state index is 0.0184. The Bertz CT molecular complexity index is 3830. The van der Waals surface area contributed by atoms with Crippen LogP contribution in [0.25, 0.3) is 0 Å². The predicted octanol–water partition coefficient (Wildman–Crippen LogP) is 10.9. The number of ketones is 1. The minimum Gasteiger partial charge on any atom is -0.456 e. The van der Waals surface area contributed by atoms with Gasteiger partial charge >= 0.3 is 36.1 Å². The number of amides is 3. The average Bonchev–Trinajstić information content (AvgIpc) is 1.34. The van der Waals surface area contributed by atoms with Gasteiger partial charge in [-0.25, -0.2) is 19.2 Å². The standard InChI is InChI=1S/C82H103N3O19/c1-47(31-38-61(88)53-33-34-53)59-36-37-60-52(30-23-39-79(59,60)8)32-35-57-42-58(43-62(89)48(57)2)100-76(95)83-40-21-10-11-22-41-84-77(96)102-64-44-65-81(46-98-65,104-51(5)87)70-72(103-74(93)56-28-19-14-20-29-56)82(97)45-63(49(3)66(78(82,6)7)69(99-50(4)86)71(91)80(64,70)9)101-75(94)68(90)67(54-24-15-12-16-25-54)85-73(92)55-26-17-13-18-27-55/h12-20,24-29,31-32,35,38,47,53,58-65,67-70,72,88-90,97H,2,10-11,21-23,30,33-34,36-37,39-46H2,1,3-9H3,(H,83,95)(H,84,96)(H,85,92)/b38-31+,52-32+,57-35-/t47-,58+,59?,60?,61?,62-,63?,64?,65?,67?,68?,69?,70?,72?,79+,80?,81?,82?/m0/s1. The van der Waals surface area contributed by atoms with E-state index >= 15 is 4.79 Å². The second kappa shape index (κ2) is 31.8. The van der Waals surface area contributed by atoms with Crippen LogP contribution >= 0.6 is 0 Å². The summed E-state index contributed by atoms with van der Waals surface area (Å²) in [6.45, 7) is 17.2. The normalized spacial score (nSPS) is 32.5. The molecule has 8 aliphatic rings. The lowest BCUT2D eigenvalue weighted by atomic mass is 9.44. The van der Waals surface area contributed by atoms with Crippen LogP contribution in [0.4, 0.5) is 9.59 Å². The Balaban J connectivity index is 0.766. The van der Waals surface area contributed by atoms with E-state index < -0.39 is 144 Å². The topological polar surface area (TPSA) is 318 Å². The summed E-state index contributed by atoms with van der Waals surface area (Å²) >= 11 is 0. The fourth-order valence-corrected chi connectivity index (χ4v) is 18.4. The zero-order valence-corrected chi connectivity index (χ0v) is 61.0. The van der Waals surface area contributed by atoms with Crippen molar-refractivity contribution in [2.45, 2.75) is 224 Å². The highest BCUT2D eigenvalue weighted by molar-refractivity contribution is 5.96. The first-order valence-electron chi connectivity index (χ1n) is 37.1. The number of nitrogens with one attached hydrogen (secondary N) is 3. The van der Waals surface area contributed by atoms with Crippen LogP contribution < -0.4 is 16.0 Å². The van der Waals surface area contributed by atoms with Crippen LogP contribution in [0.1, 0.15) is 184 Å². The van der Waals surface area contributed by atoms with Crippen LogP contribution in [-0.2, 0) is 52.3 Å². The van der Waals surface area contributed by atoms with Crippen LogP contribution in [-0.4, -0.2) is 154 Å². The highest BCUT2D eigenvalue weighted by Crippen LogP contribution is 2.66. The molecule has 6 saturated carbocycles. The van der Waals surface area contributed by atoms with Gasteiger partial charge in [0.1, 0.15) is 36.1 Å². The third-order valence-electron chi connectivity index (χ3n) is 24.2. The molecular weight excluding hydrogens is 1330 g/mol. The fraction of sp³-hybridized carbons (Fsp3) is 0.561. The summed E-state index contributed by atoms with van der Waals surface area (Å²) in [6, 6.07) is 22.8. The molecule has 1 saturated heterocycles. The van der Waals surface area contributed by atoms with Crippen LogP contribution in [0.15, 0.2) is 150 Å². The van der Waals surface area contributed by atoms with Crippen molar-refractivity contribution in [3.63, 3.8) is 0 Å². The van der Waals surface area contributed by atoms with Gasteiger partial charge in [-0.2, -0.15) is 0 Å². The number of rotatable bonds is 24. The zero-order chi connectivity index (χ0) is 74.6. The quantitative estimate of drug-likeness (QED) is 0.0190. The van der Waals surface area contributed by atoms with Crippen LogP contribution in [0.3, 0.4) is 0 Å². The molecule has 560 valence electrons. The van der Waals surface area contributed by atoms with Gasteiger partial charge in [-0.15, -0.1) is 0 Å². The number of alkyl carbamates (subject to hydrolysis) is 2. The predicted molar refractivity (Wildman–Crippen MR) is 382 cm³/mol. The van der Waals surface area contributed by atoms with E-state index in [-0.39, 0.29) is 53.2 Å². The van der Waals surface area contributed by atoms with Gasteiger partial charge in [-0.1, -0.05) is 144 Å². The Kier molecular flexibility index (Phi) is 23.5. The van der Waals surface area contributed by atoms with Gasteiger partial charge in [-0.3, -0.25) is 19.2 Å². The summed E-state index contributed by atoms with van der Waals surface area (Å²) in [5.74, 6) is -5.53.